The molecule has 0 radical (unpaired) electrons. The van der Waals surface area contributed by atoms with Crippen LogP contribution in [0.5, 0.6) is 0 Å². The average molecular weight is 529 g/mol. The van der Waals surface area contributed by atoms with E-state index in [0.717, 1.165) is 60.9 Å². The van der Waals surface area contributed by atoms with E-state index < -0.39 is 0 Å². The van der Waals surface area contributed by atoms with E-state index in [1.807, 2.05) is 12.4 Å². The van der Waals surface area contributed by atoms with Gasteiger partial charge in [0.15, 0.2) is 5.96 Å². The number of aromatic nitrogens is 2. The summed E-state index contributed by atoms with van der Waals surface area (Å²) in [6.07, 6.45) is 7.31. The summed E-state index contributed by atoms with van der Waals surface area (Å²) in [5.74, 6) is 2.76. The van der Waals surface area contributed by atoms with E-state index in [1.165, 1.54) is 17.7 Å². The number of nitrogens with zero attached hydrogens (tertiary/aromatic N) is 4. The van der Waals surface area contributed by atoms with Crippen molar-refractivity contribution in [3.8, 4) is 0 Å². The molecule has 3 heterocycles. The highest BCUT2D eigenvalue weighted by molar-refractivity contribution is 14.0. The molecule has 0 unspecified atom stereocenters. The summed E-state index contributed by atoms with van der Waals surface area (Å²) in [4.78, 5) is 17.4. The molecule has 0 bridgehead atoms. The summed E-state index contributed by atoms with van der Waals surface area (Å²) < 4.78 is 0. The largest absolute Gasteiger partial charge is 0.357 e. The zero-order valence-corrected chi connectivity index (χ0v) is 20.8. The number of aryl methyl sites for hydroxylation is 1. The van der Waals surface area contributed by atoms with E-state index in [2.05, 4.69) is 58.4 Å². The first-order chi connectivity index (χ1) is 13.6. The summed E-state index contributed by atoms with van der Waals surface area (Å²) in [6.45, 7) is 11.0. The number of aliphatic imine (C=N–C) groups is 1. The van der Waals surface area contributed by atoms with Crippen LogP contribution in [-0.4, -0.2) is 42.1 Å². The summed E-state index contributed by atoms with van der Waals surface area (Å²) >= 11 is 1.75. The Hall–Kier alpha value is -1.42. The minimum Gasteiger partial charge on any atom is -0.357 e. The van der Waals surface area contributed by atoms with Gasteiger partial charge in [-0.05, 0) is 44.2 Å². The van der Waals surface area contributed by atoms with Crippen LogP contribution < -0.4 is 15.5 Å². The quantitative estimate of drug-likeness (QED) is 0.323. The Morgan fingerprint density at radius 2 is 2.00 bits per heavy atom. The van der Waals surface area contributed by atoms with Crippen molar-refractivity contribution in [3.05, 3.63) is 40.0 Å². The predicted octanol–water partition coefficient (Wildman–Crippen LogP) is 4.00. The highest BCUT2D eigenvalue weighted by Crippen LogP contribution is 2.21. The average Bonchev–Trinajstić information content (AvgIpc) is 3.12. The Labute approximate surface area is 195 Å². The summed E-state index contributed by atoms with van der Waals surface area (Å²) in [7, 11) is 0. The highest BCUT2D eigenvalue weighted by atomic mass is 127. The molecule has 1 saturated heterocycles. The van der Waals surface area contributed by atoms with Crippen LogP contribution in [0.2, 0.25) is 0 Å². The van der Waals surface area contributed by atoms with Crippen molar-refractivity contribution in [2.24, 2.45) is 10.9 Å². The van der Waals surface area contributed by atoms with E-state index in [-0.39, 0.29) is 24.0 Å². The van der Waals surface area contributed by atoms with Crippen molar-refractivity contribution in [3.63, 3.8) is 0 Å². The molecule has 0 spiro atoms. The van der Waals surface area contributed by atoms with Gasteiger partial charge < -0.3 is 15.5 Å². The van der Waals surface area contributed by atoms with E-state index in [9.17, 15) is 0 Å². The smallest absolute Gasteiger partial charge is 0.191 e. The van der Waals surface area contributed by atoms with Gasteiger partial charge in [-0.25, -0.2) is 15.0 Å². The van der Waals surface area contributed by atoms with E-state index >= 15 is 0 Å². The lowest BCUT2D eigenvalue weighted by Crippen LogP contribution is -2.38. The second-order valence-corrected chi connectivity index (χ2v) is 8.75. The number of guanidine groups is 1. The third-order valence-electron chi connectivity index (χ3n) is 4.98. The Balaban J connectivity index is 0.00000300. The zero-order valence-electron chi connectivity index (χ0n) is 17.6. The van der Waals surface area contributed by atoms with E-state index in [0.29, 0.717) is 6.54 Å². The molecule has 160 valence electrons. The summed E-state index contributed by atoms with van der Waals surface area (Å²) in [5.41, 5.74) is 1.13. The minimum atomic E-state index is 0. The number of thiazole rings is 1. The molecule has 3 rings (SSSR count). The molecule has 0 aliphatic carbocycles. The highest BCUT2D eigenvalue weighted by Gasteiger charge is 2.16. The topological polar surface area (TPSA) is 65.4 Å². The number of hydrogen-bond donors (Lipinski definition) is 2. The van der Waals surface area contributed by atoms with Gasteiger partial charge in [0.1, 0.15) is 5.82 Å². The monoisotopic (exact) mass is 528 g/mol. The SMILES string of the molecule is CCNC(=NCc1ccc(N2CCC(C)CC2)nc1)NCCc1ncc(C)s1.I. The van der Waals surface area contributed by atoms with Gasteiger partial charge in [-0.1, -0.05) is 13.0 Å². The number of nitrogens with one attached hydrogen (secondary N) is 2. The molecule has 0 atom stereocenters. The molecule has 1 aliphatic rings. The van der Waals surface area contributed by atoms with Gasteiger partial charge in [-0.15, -0.1) is 35.3 Å². The molecule has 29 heavy (non-hydrogen) atoms. The fraction of sp³-hybridized carbons (Fsp3) is 0.571. The van der Waals surface area contributed by atoms with Crippen LogP contribution in [0.4, 0.5) is 5.82 Å². The number of pyridine rings is 1. The van der Waals surface area contributed by atoms with Gasteiger partial charge in [0, 0.05) is 49.9 Å². The van der Waals surface area contributed by atoms with Crippen LogP contribution in [0.15, 0.2) is 29.5 Å². The van der Waals surface area contributed by atoms with Gasteiger partial charge in [-0.2, -0.15) is 0 Å². The predicted molar refractivity (Wildman–Crippen MR) is 134 cm³/mol. The molecule has 6 nitrogen and oxygen atoms in total. The Morgan fingerprint density at radius 1 is 1.21 bits per heavy atom. The molecule has 0 aromatic carbocycles. The van der Waals surface area contributed by atoms with Gasteiger partial charge in [0.2, 0.25) is 0 Å². The van der Waals surface area contributed by atoms with Crippen LogP contribution in [0.3, 0.4) is 0 Å². The van der Waals surface area contributed by atoms with Crippen LogP contribution >= 0.6 is 35.3 Å². The Kier molecular flexibility index (Phi) is 10.1. The lowest BCUT2D eigenvalue weighted by atomic mass is 9.99. The molecule has 2 aromatic rings. The third kappa shape index (κ3) is 7.73. The van der Waals surface area contributed by atoms with Crippen LogP contribution in [0, 0.1) is 12.8 Å². The number of anilines is 1. The van der Waals surface area contributed by atoms with Crippen LogP contribution in [0.25, 0.3) is 0 Å². The zero-order chi connectivity index (χ0) is 19.8. The first-order valence-electron chi connectivity index (χ1n) is 10.3. The minimum absolute atomic E-state index is 0. The molecule has 1 fully saturated rings. The molecular formula is C21H33IN6S. The second-order valence-electron chi connectivity index (χ2n) is 7.43. The van der Waals surface area contributed by atoms with Gasteiger partial charge in [0.25, 0.3) is 0 Å². The standard InChI is InChI=1S/C21H32N6S.HI/c1-4-22-21(23-10-7-20-25-13-17(3)28-20)26-15-18-5-6-19(24-14-18)27-11-8-16(2)9-12-27;/h5-6,13-14,16H,4,7-12,15H2,1-3H3,(H2,22,23,26);1H. The normalized spacial score (nSPS) is 15.1. The third-order valence-corrected chi connectivity index (χ3v) is 5.95. The van der Waals surface area contributed by atoms with Crippen LogP contribution in [0.1, 0.15) is 42.1 Å². The lowest BCUT2D eigenvalue weighted by Gasteiger charge is -2.31. The van der Waals surface area contributed by atoms with Crippen LogP contribution in [-0.2, 0) is 13.0 Å². The van der Waals surface area contributed by atoms with Gasteiger partial charge >= 0.3 is 0 Å². The summed E-state index contributed by atoms with van der Waals surface area (Å²) in [6, 6.07) is 4.28. The molecule has 1 aliphatic heterocycles. The van der Waals surface area contributed by atoms with Crippen molar-refractivity contribution in [2.75, 3.05) is 31.1 Å². The number of halogens is 1. The maximum Gasteiger partial charge on any atom is 0.191 e. The van der Waals surface area contributed by atoms with E-state index in [4.69, 9.17) is 4.99 Å². The second kappa shape index (κ2) is 12.3. The fourth-order valence-electron chi connectivity index (χ4n) is 3.25. The van der Waals surface area contributed by atoms with Crippen molar-refractivity contribution >= 4 is 47.1 Å². The molecule has 2 aromatic heterocycles. The van der Waals surface area contributed by atoms with Crippen molar-refractivity contribution < 1.29 is 0 Å². The molecule has 0 amide bonds. The number of rotatable bonds is 7. The Bertz CT molecular complexity index is 753. The Morgan fingerprint density at radius 3 is 2.62 bits per heavy atom. The van der Waals surface area contributed by atoms with Crippen molar-refractivity contribution in [2.45, 2.75) is 46.6 Å². The van der Waals surface area contributed by atoms with Gasteiger partial charge in [0.05, 0.1) is 11.6 Å². The lowest BCUT2D eigenvalue weighted by molar-refractivity contribution is 0.436. The maximum absolute atomic E-state index is 4.70. The maximum atomic E-state index is 4.70. The molecule has 8 heteroatoms. The van der Waals surface area contributed by atoms with Gasteiger partial charge in [-0.3, -0.25) is 0 Å². The fourth-order valence-corrected chi connectivity index (χ4v) is 4.04. The van der Waals surface area contributed by atoms with E-state index in [1.54, 1.807) is 11.3 Å². The number of piperidine rings is 1. The van der Waals surface area contributed by atoms with Crippen molar-refractivity contribution in [1.29, 1.82) is 0 Å². The molecule has 2 N–H and O–H groups in total. The van der Waals surface area contributed by atoms with Crippen molar-refractivity contribution in [1.82, 2.24) is 20.6 Å². The summed E-state index contributed by atoms with van der Waals surface area (Å²) in [5, 5.41) is 7.86. The molecule has 0 saturated carbocycles. The number of hydrogen-bond acceptors (Lipinski definition) is 5. The first-order valence-corrected chi connectivity index (χ1v) is 11.1. The first kappa shape index (κ1) is 23.9. The molecular weight excluding hydrogens is 495 g/mol.